The Labute approximate surface area is 104 Å². The second-order valence-corrected chi connectivity index (χ2v) is 3.95. The average molecular weight is 249 g/mol. The molecule has 2 nitrogen and oxygen atoms in total. The molecule has 2 aromatic rings. The van der Waals surface area contributed by atoms with E-state index in [4.69, 9.17) is 4.74 Å². The van der Waals surface area contributed by atoms with E-state index >= 15 is 0 Å². The predicted octanol–water partition coefficient (Wildman–Crippen LogP) is 4.00. The van der Waals surface area contributed by atoms with Crippen LogP contribution < -0.4 is 4.74 Å². The number of ether oxygens (including phenoxy) is 1. The first kappa shape index (κ1) is 12.5. The lowest BCUT2D eigenvalue weighted by molar-refractivity contribution is 0.151. The average Bonchev–Trinajstić information content (AvgIpc) is 2.38. The minimum absolute atomic E-state index is 0.0136. The van der Waals surface area contributed by atoms with Gasteiger partial charge < -0.3 is 4.74 Å². The highest BCUT2D eigenvalue weighted by molar-refractivity contribution is 5.71. The van der Waals surface area contributed by atoms with Gasteiger partial charge in [0.1, 0.15) is 5.75 Å². The molecule has 94 valence electrons. The van der Waals surface area contributed by atoms with Gasteiger partial charge in [-0.2, -0.15) is 0 Å². The van der Waals surface area contributed by atoms with Crippen molar-refractivity contribution in [3.63, 3.8) is 0 Å². The third-order valence-electron chi connectivity index (χ3n) is 2.68. The highest BCUT2D eigenvalue weighted by Crippen LogP contribution is 2.33. The molecule has 2 rings (SSSR count). The standard InChI is InChI=1S/C14H13F2NO/c1-9-7-10(5-6-17-9)12-8-11(14(15)16)3-4-13(12)18-2/h3-8,14H,1-2H3. The van der Waals surface area contributed by atoms with Gasteiger partial charge in [0.2, 0.25) is 0 Å². The summed E-state index contributed by atoms with van der Waals surface area (Å²) in [6.07, 6.45) is -0.836. The Morgan fingerprint density at radius 2 is 1.94 bits per heavy atom. The van der Waals surface area contributed by atoms with Crippen LogP contribution in [0.15, 0.2) is 36.5 Å². The summed E-state index contributed by atoms with van der Waals surface area (Å²) in [6, 6.07) is 8.01. The highest BCUT2D eigenvalue weighted by atomic mass is 19.3. The summed E-state index contributed by atoms with van der Waals surface area (Å²) < 4.78 is 30.7. The van der Waals surface area contributed by atoms with E-state index in [1.54, 1.807) is 18.3 Å². The summed E-state index contributed by atoms with van der Waals surface area (Å²) in [5.74, 6) is 0.574. The molecule has 1 heterocycles. The molecule has 0 radical (unpaired) electrons. The van der Waals surface area contributed by atoms with Gasteiger partial charge in [-0.05, 0) is 42.8 Å². The van der Waals surface area contributed by atoms with Crippen molar-refractivity contribution in [3.05, 3.63) is 47.8 Å². The molecule has 1 aromatic carbocycles. The maximum atomic E-state index is 12.7. The van der Waals surface area contributed by atoms with Crippen molar-refractivity contribution in [2.75, 3.05) is 7.11 Å². The number of alkyl halides is 2. The van der Waals surface area contributed by atoms with Crippen LogP contribution in [0.2, 0.25) is 0 Å². The third-order valence-corrected chi connectivity index (χ3v) is 2.68. The fourth-order valence-electron chi connectivity index (χ4n) is 1.80. The SMILES string of the molecule is COc1ccc(C(F)F)cc1-c1ccnc(C)c1. The Morgan fingerprint density at radius 3 is 2.56 bits per heavy atom. The van der Waals surface area contributed by atoms with Gasteiger partial charge in [-0.1, -0.05) is 0 Å². The first-order valence-electron chi connectivity index (χ1n) is 5.51. The Hall–Kier alpha value is -1.97. The second-order valence-electron chi connectivity index (χ2n) is 3.95. The van der Waals surface area contributed by atoms with Crippen LogP contribution in [-0.4, -0.2) is 12.1 Å². The minimum Gasteiger partial charge on any atom is -0.496 e. The number of hydrogen-bond acceptors (Lipinski definition) is 2. The van der Waals surface area contributed by atoms with Crippen LogP contribution in [0.4, 0.5) is 8.78 Å². The summed E-state index contributed by atoms with van der Waals surface area (Å²) in [5, 5.41) is 0. The third kappa shape index (κ3) is 2.47. The molecule has 0 saturated carbocycles. The maximum Gasteiger partial charge on any atom is 0.263 e. The van der Waals surface area contributed by atoms with Gasteiger partial charge in [0.05, 0.1) is 7.11 Å². The van der Waals surface area contributed by atoms with E-state index in [-0.39, 0.29) is 5.56 Å². The van der Waals surface area contributed by atoms with E-state index in [9.17, 15) is 8.78 Å². The normalized spacial score (nSPS) is 10.7. The van der Waals surface area contributed by atoms with E-state index in [0.717, 1.165) is 11.3 Å². The number of aromatic nitrogens is 1. The van der Waals surface area contributed by atoms with Crippen molar-refractivity contribution < 1.29 is 13.5 Å². The van der Waals surface area contributed by atoms with E-state index in [1.807, 2.05) is 13.0 Å². The zero-order valence-corrected chi connectivity index (χ0v) is 10.2. The van der Waals surface area contributed by atoms with Crippen LogP contribution in [0, 0.1) is 6.92 Å². The number of pyridine rings is 1. The van der Waals surface area contributed by atoms with Crippen LogP contribution in [0.5, 0.6) is 5.75 Å². The molecule has 0 atom stereocenters. The molecule has 0 aliphatic heterocycles. The number of nitrogens with zero attached hydrogens (tertiary/aromatic N) is 1. The zero-order chi connectivity index (χ0) is 13.1. The van der Waals surface area contributed by atoms with Crippen LogP contribution in [0.25, 0.3) is 11.1 Å². The molecule has 18 heavy (non-hydrogen) atoms. The van der Waals surface area contributed by atoms with Gasteiger partial charge >= 0.3 is 0 Å². The van der Waals surface area contributed by atoms with Gasteiger partial charge in [-0.25, -0.2) is 8.78 Å². The molecule has 0 aliphatic carbocycles. The largest absolute Gasteiger partial charge is 0.496 e. The van der Waals surface area contributed by atoms with Crippen molar-refractivity contribution in [1.29, 1.82) is 0 Å². The summed E-state index contributed by atoms with van der Waals surface area (Å²) >= 11 is 0. The molecule has 0 aliphatic rings. The van der Waals surface area contributed by atoms with Gasteiger partial charge in [0.15, 0.2) is 0 Å². The Bertz CT molecular complexity index is 555. The lowest BCUT2D eigenvalue weighted by Crippen LogP contribution is -1.92. The minimum atomic E-state index is -2.49. The van der Waals surface area contributed by atoms with E-state index in [2.05, 4.69) is 4.98 Å². The smallest absolute Gasteiger partial charge is 0.263 e. The highest BCUT2D eigenvalue weighted by Gasteiger charge is 2.12. The number of rotatable bonds is 3. The van der Waals surface area contributed by atoms with Crippen molar-refractivity contribution in [2.45, 2.75) is 13.3 Å². The summed E-state index contributed by atoms with van der Waals surface area (Å²) in [7, 11) is 1.52. The molecule has 0 saturated heterocycles. The molecule has 0 bridgehead atoms. The zero-order valence-electron chi connectivity index (χ0n) is 10.2. The Morgan fingerprint density at radius 1 is 1.17 bits per heavy atom. The van der Waals surface area contributed by atoms with Crippen molar-refractivity contribution in [1.82, 2.24) is 4.98 Å². The molecule has 4 heteroatoms. The van der Waals surface area contributed by atoms with Gasteiger partial charge in [0, 0.05) is 23.0 Å². The van der Waals surface area contributed by atoms with E-state index < -0.39 is 6.43 Å². The first-order chi connectivity index (χ1) is 8.61. The molecule has 0 amide bonds. The number of benzene rings is 1. The summed E-state index contributed by atoms with van der Waals surface area (Å²) in [5.41, 5.74) is 2.29. The van der Waals surface area contributed by atoms with Gasteiger partial charge in [0.25, 0.3) is 6.43 Å². The molecule has 0 spiro atoms. The van der Waals surface area contributed by atoms with E-state index in [1.165, 1.54) is 19.2 Å². The van der Waals surface area contributed by atoms with Crippen LogP contribution in [0.1, 0.15) is 17.7 Å². The predicted molar refractivity (Wildman–Crippen MR) is 65.9 cm³/mol. The van der Waals surface area contributed by atoms with Crippen LogP contribution in [0.3, 0.4) is 0 Å². The Kier molecular flexibility index (Phi) is 3.55. The second kappa shape index (κ2) is 5.12. The topological polar surface area (TPSA) is 22.1 Å². The molecular weight excluding hydrogens is 236 g/mol. The van der Waals surface area contributed by atoms with Gasteiger partial charge in [-0.3, -0.25) is 4.98 Å². The fraction of sp³-hybridized carbons (Fsp3) is 0.214. The molecule has 0 unspecified atom stereocenters. The maximum absolute atomic E-state index is 12.7. The van der Waals surface area contributed by atoms with Gasteiger partial charge in [-0.15, -0.1) is 0 Å². The van der Waals surface area contributed by atoms with Crippen molar-refractivity contribution >= 4 is 0 Å². The molecular formula is C14H13F2NO. The summed E-state index contributed by atoms with van der Waals surface area (Å²) in [4.78, 5) is 4.09. The lowest BCUT2D eigenvalue weighted by Gasteiger charge is -2.11. The number of halogens is 2. The van der Waals surface area contributed by atoms with Crippen LogP contribution >= 0.6 is 0 Å². The monoisotopic (exact) mass is 249 g/mol. The quantitative estimate of drug-likeness (QED) is 0.820. The number of methoxy groups -OCH3 is 1. The van der Waals surface area contributed by atoms with Crippen LogP contribution in [-0.2, 0) is 0 Å². The number of aryl methyl sites for hydroxylation is 1. The van der Waals surface area contributed by atoms with Crippen molar-refractivity contribution in [3.8, 4) is 16.9 Å². The molecule has 1 aromatic heterocycles. The Balaban J connectivity index is 2.56. The summed E-state index contributed by atoms with van der Waals surface area (Å²) in [6.45, 7) is 1.85. The number of hydrogen-bond donors (Lipinski definition) is 0. The van der Waals surface area contributed by atoms with E-state index in [0.29, 0.717) is 11.3 Å². The molecule has 0 N–H and O–H groups in total. The lowest BCUT2D eigenvalue weighted by atomic mass is 10.0. The fourth-order valence-corrected chi connectivity index (χ4v) is 1.80. The first-order valence-corrected chi connectivity index (χ1v) is 5.51. The van der Waals surface area contributed by atoms with Crippen molar-refractivity contribution in [2.24, 2.45) is 0 Å². The molecule has 0 fully saturated rings.